The first-order valence-corrected chi connectivity index (χ1v) is 1.96. The van der Waals surface area contributed by atoms with Crippen molar-refractivity contribution < 1.29 is 5.11 Å². The lowest BCUT2D eigenvalue weighted by Gasteiger charge is -1.86. The lowest BCUT2D eigenvalue weighted by Crippen LogP contribution is -1.79. The first kappa shape index (κ1) is 4.18. The summed E-state index contributed by atoms with van der Waals surface area (Å²) in [5.74, 6) is 0.194. The van der Waals surface area contributed by atoms with Crippen LogP contribution < -0.4 is 0 Å². The van der Waals surface area contributed by atoms with E-state index >= 15 is 0 Å². The van der Waals surface area contributed by atoms with E-state index < -0.39 is 0 Å². The van der Waals surface area contributed by atoms with Crippen LogP contribution in [-0.2, 0) is 7.05 Å². The molecule has 1 rings (SSSR count). The third-order valence-corrected chi connectivity index (χ3v) is 0.791. The van der Waals surface area contributed by atoms with Gasteiger partial charge in [0.1, 0.15) is 0 Å². The molecule has 0 spiro atoms. The number of aryl methyl sites for hydroxylation is 1. The summed E-state index contributed by atoms with van der Waals surface area (Å²) >= 11 is 0. The van der Waals surface area contributed by atoms with Gasteiger partial charge in [-0.3, -0.25) is 0 Å². The third-order valence-electron chi connectivity index (χ3n) is 0.791. The highest BCUT2D eigenvalue weighted by atomic mass is 16.3. The second kappa shape index (κ2) is 1.26. The molecule has 0 unspecified atom stereocenters. The Morgan fingerprint density at radius 2 is 2.57 bits per heavy atom. The lowest BCUT2D eigenvalue weighted by molar-refractivity contribution is 0.432. The molecule has 1 heterocycles. The molecule has 0 radical (unpaired) electrons. The minimum absolute atomic E-state index is 0.194. The molecule has 1 aromatic heterocycles. The van der Waals surface area contributed by atoms with Gasteiger partial charge in [-0.1, -0.05) is 0 Å². The topological polar surface area (TPSA) is 38.0 Å². The van der Waals surface area contributed by atoms with Crippen molar-refractivity contribution in [1.82, 2.24) is 9.55 Å². The Labute approximate surface area is 41.2 Å². The third kappa shape index (κ3) is 0.559. The summed E-state index contributed by atoms with van der Waals surface area (Å²) in [6.45, 7) is 0. The van der Waals surface area contributed by atoms with E-state index in [9.17, 15) is 0 Å². The van der Waals surface area contributed by atoms with E-state index in [0.29, 0.717) is 0 Å². The summed E-state index contributed by atoms with van der Waals surface area (Å²) in [6, 6.07) is 0. The van der Waals surface area contributed by atoms with Crippen LogP contribution >= 0.6 is 0 Å². The van der Waals surface area contributed by atoms with Gasteiger partial charge in [-0.2, -0.15) is 0 Å². The van der Waals surface area contributed by atoms with Gasteiger partial charge < -0.3 is 9.67 Å². The van der Waals surface area contributed by atoms with Crippen molar-refractivity contribution in [2.75, 3.05) is 0 Å². The maximum atomic E-state index is 8.66. The Bertz CT molecular complexity index is 142. The molecule has 0 aliphatic rings. The highest BCUT2D eigenvalue weighted by Crippen LogP contribution is 2.00. The normalized spacial score (nSPS) is 9.29. The molecule has 0 aromatic carbocycles. The van der Waals surface area contributed by atoms with Gasteiger partial charge in [0.25, 0.3) is 0 Å². The molecule has 3 nitrogen and oxygen atoms in total. The summed E-state index contributed by atoms with van der Waals surface area (Å²) in [7, 11) is 1.72. The number of aromatic hydroxyl groups is 1. The number of nitrogens with zero attached hydrogens (tertiary/aromatic N) is 2. The van der Waals surface area contributed by atoms with E-state index in [1.54, 1.807) is 7.05 Å². The van der Waals surface area contributed by atoms with Crippen LogP contribution in [0.15, 0.2) is 12.5 Å². The van der Waals surface area contributed by atoms with Crippen LogP contribution in [-0.4, -0.2) is 14.7 Å². The fraction of sp³-hybridized carbons (Fsp3) is 0.250. The Balaban J connectivity index is 3.12. The standard InChI is InChI=1S/C4H6N2O/c1-6-3-5-2-4(6)7/h2-3,7H,1H3. The molecule has 38 valence electrons. The molecule has 0 fully saturated rings. The second-order valence-electron chi connectivity index (χ2n) is 1.36. The molecule has 3 heteroatoms. The Kier molecular flexibility index (Phi) is 0.749. The van der Waals surface area contributed by atoms with Crippen molar-refractivity contribution in [1.29, 1.82) is 0 Å². The minimum atomic E-state index is 0.194. The van der Waals surface area contributed by atoms with Crippen molar-refractivity contribution in [3.63, 3.8) is 0 Å². The second-order valence-corrected chi connectivity index (χ2v) is 1.36. The van der Waals surface area contributed by atoms with Gasteiger partial charge in [-0.15, -0.1) is 0 Å². The molecule has 0 aliphatic carbocycles. The Morgan fingerprint density at radius 3 is 2.71 bits per heavy atom. The van der Waals surface area contributed by atoms with Gasteiger partial charge in [-0.25, -0.2) is 4.98 Å². The first-order chi connectivity index (χ1) is 3.30. The summed E-state index contributed by atoms with van der Waals surface area (Å²) in [4.78, 5) is 3.63. The zero-order valence-corrected chi connectivity index (χ0v) is 4.00. The van der Waals surface area contributed by atoms with Crippen LogP contribution in [0.5, 0.6) is 5.88 Å². The van der Waals surface area contributed by atoms with Gasteiger partial charge in [0.15, 0.2) is 0 Å². The SMILES string of the molecule is Cn1cncc1O. The molecule has 1 N–H and O–H groups in total. The molecule has 0 bridgehead atoms. The largest absolute Gasteiger partial charge is 0.493 e. The van der Waals surface area contributed by atoms with Crippen molar-refractivity contribution in [3.8, 4) is 5.88 Å². The van der Waals surface area contributed by atoms with Crippen LogP contribution in [0.25, 0.3) is 0 Å². The summed E-state index contributed by atoms with van der Waals surface area (Å²) < 4.78 is 1.53. The van der Waals surface area contributed by atoms with E-state index in [-0.39, 0.29) is 5.88 Å². The molecule has 0 amide bonds. The summed E-state index contributed by atoms with van der Waals surface area (Å²) in [5, 5.41) is 8.66. The molecule has 7 heavy (non-hydrogen) atoms. The molecule has 1 aromatic rings. The first-order valence-electron chi connectivity index (χ1n) is 1.96. The van der Waals surface area contributed by atoms with Gasteiger partial charge in [0.2, 0.25) is 5.88 Å². The number of hydrogen-bond acceptors (Lipinski definition) is 2. The van der Waals surface area contributed by atoms with Gasteiger partial charge in [-0.05, 0) is 0 Å². The fourth-order valence-corrected chi connectivity index (χ4v) is 0.350. The van der Waals surface area contributed by atoms with E-state index in [1.807, 2.05) is 0 Å². The average molecular weight is 98.1 g/mol. The van der Waals surface area contributed by atoms with E-state index in [2.05, 4.69) is 4.98 Å². The monoisotopic (exact) mass is 98.0 g/mol. The van der Waals surface area contributed by atoms with Crippen molar-refractivity contribution >= 4 is 0 Å². The van der Waals surface area contributed by atoms with Gasteiger partial charge >= 0.3 is 0 Å². The quantitative estimate of drug-likeness (QED) is 0.500. The van der Waals surface area contributed by atoms with E-state index in [4.69, 9.17) is 5.11 Å². The predicted octanol–water partition coefficient (Wildman–Crippen LogP) is 0.126. The molecular weight excluding hydrogens is 92.1 g/mol. The average Bonchev–Trinajstić information content (AvgIpc) is 1.91. The van der Waals surface area contributed by atoms with Crippen molar-refractivity contribution in [2.24, 2.45) is 7.05 Å². The van der Waals surface area contributed by atoms with Crippen LogP contribution in [0.4, 0.5) is 0 Å². The van der Waals surface area contributed by atoms with Crippen molar-refractivity contribution in [3.05, 3.63) is 12.5 Å². The van der Waals surface area contributed by atoms with Gasteiger partial charge in [0.05, 0.1) is 12.5 Å². The number of aromatic nitrogens is 2. The predicted molar refractivity (Wildman–Crippen MR) is 24.9 cm³/mol. The Hall–Kier alpha value is -0.990. The molecule has 0 atom stereocenters. The zero-order chi connectivity index (χ0) is 5.28. The summed E-state index contributed by atoms with van der Waals surface area (Å²) in [5.41, 5.74) is 0. The minimum Gasteiger partial charge on any atom is -0.493 e. The summed E-state index contributed by atoms with van der Waals surface area (Å²) in [6.07, 6.45) is 2.93. The Morgan fingerprint density at radius 1 is 1.86 bits per heavy atom. The van der Waals surface area contributed by atoms with Gasteiger partial charge in [0, 0.05) is 7.05 Å². The number of hydrogen-bond donors (Lipinski definition) is 1. The van der Waals surface area contributed by atoms with Crippen LogP contribution in [0.3, 0.4) is 0 Å². The lowest BCUT2D eigenvalue weighted by atomic mass is 10.8. The highest BCUT2D eigenvalue weighted by molar-refractivity contribution is 5.00. The molecular formula is C4H6N2O. The zero-order valence-electron chi connectivity index (χ0n) is 4.00. The molecule has 0 saturated carbocycles. The fourth-order valence-electron chi connectivity index (χ4n) is 0.350. The van der Waals surface area contributed by atoms with Crippen LogP contribution in [0.1, 0.15) is 0 Å². The molecule has 0 saturated heterocycles. The van der Waals surface area contributed by atoms with Crippen LogP contribution in [0, 0.1) is 0 Å². The number of rotatable bonds is 0. The maximum Gasteiger partial charge on any atom is 0.210 e. The van der Waals surface area contributed by atoms with Crippen LogP contribution in [0.2, 0.25) is 0 Å². The smallest absolute Gasteiger partial charge is 0.210 e. The van der Waals surface area contributed by atoms with E-state index in [1.165, 1.54) is 17.1 Å². The highest BCUT2D eigenvalue weighted by Gasteiger charge is 1.86. The molecule has 0 aliphatic heterocycles. The van der Waals surface area contributed by atoms with E-state index in [0.717, 1.165) is 0 Å². The number of imidazole rings is 1. The maximum absolute atomic E-state index is 8.66. The van der Waals surface area contributed by atoms with Crippen molar-refractivity contribution in [2.45, 2.75) is 0 Å².